The van der Waals surface area contributed by atoms with Gasteiger partial charge >= 0.3 is 0 Å². The van der Waals surface area contributed by atoms with Crippen LogP contribution in [0, 0.1) is 0 Å². The van der Waals surface area contributed by atoms with Crippen molar-refractivity contribution in [2.75, 3.05) is 6.54 Å². The van der Waals surface area contributed by atoms with E-state index < -0.39 is 10.0 Å². The molecule has 0 aliphatic heterocycles. The third-order valence-electron chi connectivity index (χ3n) is 3.57. The summed E-state index contributed by atoms with van der Waals surface area (Å²) in [6.07, 6.45) is 3.97. The number of nitrogens with one attached hydrogen (secondary N) is 1. The average Bonchev–Trinajstić information content (AvgIpc) is 3.13. The Labute approximate surface area is 132 Å². The normalized spacial score (nSPS) is 16.0. The fourth-order valence-corrected chi connectivity index (χ4v) is 5.35. The molecule has 1 aliphatic rings. The van der Waals surface area contributed by atoms with Gasteiger partial charge in [0.05, 0.1) is 0 Å². The topological polar surface area (TPSA) is 49.4 Å². The van der Waals surface area contributed by atoms with Crippen LogP contribution in [-0.2, 0) is 16.6 Å². The molecule has 120 valence electrons. The highest BCUT2D eigenvalue weighted by Gasteiger charge is 2.38. The highest BCUT2D eigenvalue weighted by atomic mass is 32.2. The SMILES string of the molecule is CCCCN(C1CC1)S(=O)(=O)c1ccc(CNC(C)C)s1. The number of thiophene rings is 1. The van der Waals surface area contributed by atoms with Gasteiger partial charge in [0.1, 0.15) is 4.21 Å². The third kappa shape index (κ3) is 4.52. The fourth-order valence-electron chi connectivity index (χ4n) is 2.19. The smallest absolute Gasteiger partial charge is 0.252 e. The molecule has 1 aliphatic carbocycles. The Balaban J connectivity index is 2.10. The number of hydrogen-bond donors (Lipinski definition) is 1. The van der Waals surface area contributed by atoms with Crippen LogP contribution in [0.2, 0.25) is 0 Å². The van der Waals surface area contributed by atoms with E-state index in [2.05, 4.69) is 26.1 Å². The first-order chi connectivity index (χ1) is 9.95. The van der Waals surface area contributed by atoms with Crippen LogP contribution in [0.15, 0.2) is 16.3 Å². The van der Waals surface area contributed by atoms with Gasteiger partial charge in [0.25, 0.3) is 10.0 Å². The van der Waals surface area contributed by atoms with Gasteiger partial charge in [-0.2, -0.15) is 4.31 Å². The van der Waals surface area contributed by atoms with Crippen LogP contribution in [0.3, 0.4) is 0 Å². The van der Waals surface area contributed by atoms with E-state index in [-0.39, 0.29) is 6.04 Å². The van der Waals surface area contributed by atoms with E-state index in [9.17, 15) is 8.42 Å². The second kappa shape index (κ2) is 7.22. The van der Waals surface area contributed by atoms with Crippen LogP contribution in [0.5, 0.6) is 0 Å². The maximum absolute atomic E-state index is 12.8. The van der Waals surface area contributed by atoms with Crippen molar-refractivity contribution >= 4 is 21.4 Å². The van der Waals surface area contributed by atoms with Crippen molar-refractivity contribution in [1.29, 1.82) is 0 Å². The second-order valence-electron chi connectivity index (χ2n) is 5.96. The number of sulfonamides is 1. The van der Waals surface area contributed by atoms with E-state index in [0.717, 1.165) is 37.1 Å². The molecule has 1 heterocycles. The van der Waals surface area contributed by atoms with Gasteiger partial charge < -0.3 is 5.32 Å². The van der Waals surface area contributed by atoms with E-state index in [1.165, 1.54) is 11.3 Å². The highest BCUT2D eigenvalue weighted by molar-refractivity contribution is 7.91. The zero-order chi connectivity index (χ0) is 15.5. The Morgan fingerprint density at radius 3 is 2.67 bits per heavy atom. The lowest BCUT2D eigenvalue weighted by molar-refractivity contribution is 0.397. The molecule has 1 fully saturated rings. The monoisotopic (exact) mass is 330 g/mol. The van der Waals surface area contributed by atoms with Crippen molar-refractivity contribution in [3.8, 4) is 0 Å². The van der Waals surface area contributed by atoms with Crippen LogP contribution >= 0.6 is 11.3 Å². The molecule has 0 unspecified atom stereocenters. The van der Waals surface area contributed by atoms with Crippen LogP contribution in [-0.4, -0.2) is 31.4 Å². The largest absolute Gasteiger partial charge is 0.310 e. The summed E-state index contributed by atoms with van der Waals surface area (Å²) >= 11 is 1.40. The molecule has 6 heteroatoms. The van der Waals surface area contributed by atoms with Crippen molar-refractivity contribution in [1.82, 2.24) is 9.62 Å². The van der Waals surface area contributed by atoms with E-state index in [0.29, 0.717) is 16.8 Å². The van der Waals surface area contributed by atoms with Crippen molar-refractivity contribution in [2.45, 2.75) is 69.3 Å². The third-order valence-corrected chi connectivity index (χ3v) is 7.08. The lowest BCUT2D eigenvalue weighted by atomic mass is 10.3. The average molecular weight is 331 g/mol. The molecular formula is C15H26N2O2S2. The Kier molecular flexibility index (Phi) is 5.82. The number of nitrogens with zero attached hydrogens (tertiary/aromatic N) is 1. The van der Waals surface area contributed by atoms with Crippen molar-refractivity contribution in [3.63, 3.8) is 0 Å². The van der Waals surface area contributed by atoms with Gasteiger partial charge in [0.2, 0.25) is 0 Å². The molecule has 1 aromatic heterocycles. The van der Waals surface area contributed by atoms with Gasteiger partial charge in [0.15, 0.2) is 0 Å². The molecule has 1 aromatic rings. The Bertz CT molecular complexity index is 548. The van der Waals surface area contributed by atoms with Crippen molar-refractivity contribution < 1.29 is 8.42 Å². The maximum Gasteiger partial charge on any atom is 0.252 e. The molecule has 1 N–H and O–H groups in total. The maximum atomic E-state index is 12.8. The van der Waals surface area contributed by atoms with Gasteiger partial charge in [-0.3, -0.25) is 0 Å². The summed E-state index contributed by atoms with van der Waals surface area (Å²) in [5, 5.41) is 3.33. The van der Waals surface area contributed by atoms with Crippen LogP contribution in [0.1, 0.15) is 51.3 Å². The Morgan fingerprint density at radius 1 is 1.38 bits per heavy atom. The molecular weight excluding hydrogens is 304 g/mol. The van der Waals surface area contributed by atoms with E-state index >= 15 is 0 Å². The van der Waals surface area contributed by atoms with Crippen LogP contribution in [0.4, 0.5) is 0 Å². The summed E-state index contributed by atoms with van der Waals surface area (Å²) in [5.41, 5.74) is 0. The second-order valence-corrected chi connectivity index (χ2v) is 9.24. The summed E-state index contributed by atoms with van der Waals surface area (Å²) in [6, 6.07) is 4.33. The number of hydrogen-bond acceptors (Lipinski definition) is 4. The predicted octanol–water partition coefficient (Wildman–Crippen LogP) is 3.20. The van der Waals surface area contributed by atoms with Gasteiger partial charge in [-0.25, -0.2) is 8.42 Å². The first-order valence-electron chi connectivity index (χ1n) is 7.79. The number of unbranched alkanes of at least 4 members (excludes halogenated alkanes) is 1. The predicted molar refractivity (Wildman–Crippen MR) is 88.1 cm³/mol. The summed E-state index contributed by atoms with van der Waals surface area (Å²) in [4.78, 5) is 1.08. The summed E-state index contributed by atoms with van der Waals surface area (Å²) in [7, 11) is -3.30. The Morgan fingerprint density at radius 2 is 2.10 bits per heavy atom. The van der Waals surface area contributed by atoms with Gasteiger partial charge in [-0.1, -0.05) is 27.2 Å². The standard InChI is InChI=1S/C15H26N2O2S2/c1-4-5-10-17(13-6-7-13)21(18,19)15-9-8-14(20-15)11-16-12(2)3/h8-9,12-13,16H,4-7,10-11H2,1-3H3. The fraction of sp³-hybridized carbons (Fsp3) is 0.733. The number of rotatable bonds is 9. The highest BCUT2D eigenvalue weighted by Crippen LogP contribution is 2.34. The minimum atomic E-state index is -3.30. The first kappa shape index (κ1) is 16.9. The summed E-state index contributed by atoms with van der Waals surface area (Å²) in [6.45, 7) is 7.66. The molecule has 2 rings (SSSR count). The first-order valence-corrected chi connectivity index (χ1v) is 10.0. The van der Waals surface area contributed by atoms with Gasteiger partial charge in [-0.15, -0.1) is 11.3 Å². The molecule has 1 saturated carbocycles. The minimum Gasteiger partial charge on any atom is -0.310 e. The van der Waals surface area contributed by atoms with E-state index in [1.54, 1.807) is 10.4 Å². The lowest BCUT2D eigenvalue weighted by Gasteiger charge is -2.20. The molecule has 0 amide bonds. The zero-order valence-electron chi connectivity index (χ0n) is 13.1. The molecule has 0 radical (unpaired) electrons. The summed E-state index contributed by atoms with van der Waals surface area (Å²) in [5.74, 6) is 0. The van der Waals surface area contributed by atoms with Crippen molar-refractivity contribution in [2.24, 2.45) is 0 Å². The molecule has 0 atom stereocenters. The molecule has 21 heavy (non-hydrogen) atoms. The van der Waals surface area contributed by atoms with E-state index in [1.807, 2.05) is 6.07 Å². The minimum absolute atomic E-state index is 0.237. The Hall–Kier alpha value is -0.430. The quantitative estimate of drug-likeness (QED) is 0.756. The molecule has 0 spiro atoms. The van der Waals surface area contributed by atoms with Crippen molar-refractivity contribution in [3.05, 3.63) is 17.0 Å². The molecule has 0 bridgehead atoms. The zero-order valence-corrected chi connectivity index (χ0v) is 14.8. The van der Waals surface area contributed by atoms with E-state index in [4.69, 9.17) is 0 Å². The summed E-state index contributed by atoms with van der Waals surface area (Å²) < 4.78 is 27.8. The molecule has 0 aromatic carbocycles. The van der Waals surface area contributed by atoms with Crippen LogP contribution in [0.25, 0.3) is 0 Å². The molecule has 4 nitrogen and oxygen atoms in total. The van der Waals surface area contributed by atoms with Crippen LogP contribution < -0.4 is 5.32 Å². The molecule has 0 saturated heterocycles. The van der Waals surface area contributed by atoms with Gasteiger partial charge in [-0.05, 0) is 31.4 Å². The lowest BCUT2D eigenvalue weighted by Crippen LogP contribution is -2.33. The van der Waals surface area contributed by atoms with Gasteiger partial charge in [0, 0.05) is 30.1 Å².